The zero-order valence-electron chi connectivity index (χ0n) is 13.2. The summed E-state index contributed by atoms with van der Waals surface area (Å²) in [7, 11) is 2.05. The van der Waals surface area contributed by atoms with Crippen LogP contribution in [0.5, 0.6) is 5.75 Å². The van der Waals surface area contributed by atoms with Gasteiger partial charge in [0.05, 0.1) is 6.61 Å². The normalized spacial score (nSPS) is 18.2. The summed E-state index contributed by atoms with van der Waals surface area (Å²) in [6, 6.07) is 13.2. The van der Waals surface area contributed by atoms with Gasteiger partial charge in [-0.25, -0.2) is 0 Å². The minimum atomic E-state index is 0.286. The van der Waals surface area contributed by atoms with Crippen molar-refractivity contribution >= 4 is 0 Å². The average molecular weight is 281 g/mol. The lowest BCUT2D eigenvalue weighted by Crippen LogP contribution is -2.26. The van der Waals surface area contributed by atoms with E-state index in [0.29, 0.717) is 5.92 Å². The van der Waals surface area contributed by atoms with Crippen LogP contribution in [0.15, 0.2) is 36.4 Å². The molecule has 0 fully saturated rings. The van der Waals surface area contributed by atoms with E-state index in [-0.39, 0.29) is 6.04 Å². The Kier molecular flexibility index (Phi) is 3.73. The van der Waals surface area contributed by atoms with Gasteiger partial charge in [0.25, 0.3) is 0 Å². The Morgan fingerprint density at radius 3 is 2.43 bits per heavy atom. The summed E-state index contributed by atoms with van der Waals surface area (Å²) in [4.78, 5) is 0. The van der Waals surface area contributed by atoms with Crippen molar-refractivity contribution in [2.45, 2.75) is 32.7 Å². The van der Waals surface area contributed by atoms with Gasteiger partial charge in [0, 0.05) is 17.5 Å². The molecule has 2 aromatic rings. The number of aryl methyl sites for hydroxylation is 3. The lowest BCUT2D eigenvalue weighted by Gasteiger charge is -2.26. The third kappa shape index (κ3) is 2.44. The standard InChI is InChI=1S/C19H23NO/c1-12-9-13(2)18(14(3)10-12)19(20-4)16-11-21-17-8-6-5-7-15(16)17/h5-10,16,19-20H,11H2,1-4H3. The monoisotopic (exact) mass is 281 g/mol. The van der Waals surface area contributed by atoms with E-state index in [1.807, 2.05) is 13.1 Å². The van der Waals surface area contributed by atoms with E-state index in [1.165, 1.54) is 27.8 Å². The summed E-state index contributed by atoms with van der Waals surface area (Å²) < 4.78 is 5.88. The van der Waals surface area contributed by atoms with Crippen LogP contribution in [0, 0.1) is 20.8 Å². The van der Waals surface area contributed by atoms with Crippen LogP contribution in [0.4, 0.5) is 0 Å². The largest absolute Gasteiger partial charge is 0.493 e. The predicted molar refractivity (Wildman–Crippen MR) is 87.1 cm³/mol. The molecule has 0 spiro atoms. The number of hydrogen-bond acceptors (Lipinski definition) is 2. The zero-order chi connectivity index (χ0) is 15.0. The van der Waals surface area contributed by atoms with Crippen molar-refractivity contribution in [3.05, 3.63) is 64.2 Å². The second kappa shape index (κ2) is 5.53. The van der Waals surface area contributed by atoms with Gasteiger partial charge < -0.3 is 10.1 Å². The molecule has 3 rings (SSSR count). The van der Waals surface area contributed by atoms with E-state index in [2.05, 4.69) is 56.4 Å². The number of rotatable bonds is 3. The van der Waals surface area contributed by atoms with Crippen LogP contribution in [-0.2, 0) is 0 Å². The van der Waals surface area contributed by atoms with E-state index < -0.39 is 0 Å². The van der Waals surface area contributed by atoms with Crippen molar-refractivity contribution in [1.29, 1.82) is 0 Å². The van der Waals surface area contributed by atoms with Crippen LogP contribution in [0.2, 0.25) is 0 Å². The smallest absolute Gasteiger partial charge is 0.122 e. The molecule has 0 amide bonds. The molecule has 1 N–H and O–H groups in total. The number of hydrogen-bond donors (Lipinski definition) is 1. The van der Waals surface area contributed by atoms with Crippen molar-refractivity contribution in [1.82, 2.24) is 5.32 Å². The van der Waals surface area contributed by atoms with Crippen LogP contribution in [-0.4, -0.2) is 13.7 Å². The molecule has 0 saturated heterocycles. The SMILES string of the molecule is CNC(c1c(C)cc(C)cc1C)C1COc2ccccc21. The second-order valence-corrected chi connectivity index (χ2v) is 6.03. The topological polar surface area (TPSA) is 21.3 Å². The third-order valence-electron chi connectivity index (χ3n) is 4.50. The first-order valence-electron chi connectivity index (χ1n) is 7.58. The second-order valence-electron chi connectivity index (χ2n) is 6.03. The Balaban J connectivity index is 2.05. The Morgan fingerprint density at radius 2 is 1.76 bits per heavy atom. The molecule has 0 aromatic heterocycles. The van der Waals surface area contributed by atoms with Crippen LogP contribution >= 0.6 is 0 Å². The number of nitrogens with one attached hydrogen (secondary N) is 1. The summed E-state index contributed by atoms with van der Waals surface area (Å²) >= 11 is 0. The van der Waals surface area contributed by atoms with E-state index >= 15 is 0 Å². The Hall–Kier alpha value is -1.80. The molecule has 0 bridgehead atoms. The minimum Gasteiger partial charge on any atom is -0.493 e. The molecule has 2 aromatic carbocycles. The molecule has 0 radical (unpaired) electrons. The molecule has 2 nitrogen and oxygen atoms in total. The Morgan fingerprint density at radius 1 is 1.10 bits per heavy atom. The fourth-order valence-electron chi connectivity index (χ4n) is 3.69. The highest BCUT2D eigenvalue weighted by Gasteiger charge is 2.32. The first kappa shape index (κ1) is 14.2. The number of para-hydroxylation sites is 1. The van der Waals surface area contributed by atoms with E-state index in [0.717, 1.165) is 12.4 Å². The third-order valence-corrected chi connectivity index (χ3v) is 4.50. The molecule has 1 aliphatic heterocycles. The van der Waals surface area contributed by atoms with Crippen molar-refractivity contribution in [3.63, 3.8) is 0 Å². The number of likely N-dealkylation sites (N-methyl/N-ethyl adjacent to an activating group) is 1. The van der Waals surface area contributed by atoms with Crippen LogP contribution in [0.25, 0.3) is 0 Å². The Labute approximate surface area is 127 Å². The van der Waals surface area contributed by atoms with Crippen LogP contribution in [0.3, 0.4) is 0 Å². The molecule has 1 aliphatic rings. The quantitative estimate of drug-likeness (QED) is 0.916. The maximum absolute atomic E-state index is 5.88. The molecule has 21 heavy (non-hydrogen) atoms. The molecular formula is C19H23NO. The molecular weight excluding hydrogens is 258 g/mol. The molecule has 1 heterocycles. The average Bonchev–Trinajstić information content (AvgIpc) is 2.86. The fourth-order valence-corrected chi connectivity index (χ4v) is 3.69. The van der Waals surface area contributed by atoms with E-state index in [4.69, 9.17) is 4.74 Å². The van der Waals surface area contributed by atoms with Gasteiger partial charge in [-0.1, -0.05) is 35.9 Å². The van der Waals surface area contributed by atoms with Gasteiger partial charge in [0.1, 0.15) is 5.75 Å². The van der Waals surface area contributed by atoms with Gasteiger partial charge in [-0.15, -0.1) is 0 Å². The first-order chi connectivity index (χ1) is 10.1. The number of fused-ring (bicyclic) bond motifs is 1. The molecule has 2 atom stereocenters. The highest BCUT2D eigenvalue weighted by Crippen LogP contribution is 2.42. The lowest BCUT2D eigenvalue weighted by molar-refractivity contribution is 0.304. The van der Waals surface area contributed by atoms with Gasteiger partial charge in [0.2, 0.25) is 0 Å². The molecule has 2 unspecified atom stereocenters. The van der Waals surface area contributed by atoms with Gasteiger partial charge in [-0.05, 0) is 50.6 Å². The van der Waals surface area contributed by atoms with Gasteiger partial charge >= 0.3 is 0 Å². The maximum Gasteiger partial charge on any atom is 0.122 e. The van der Waals surface area contributed by atoms with Gasteiger partial charge in [0.15, 0.2) is 0 Å². The van der Waals surface area contributed by atoms with Gasteiger partial charge in [-0.3, -0.25) is 0 Å². The zero-order valence-corrected chi connectivity index (χ0v) is 13.2. The van der Waals surface area contributed by atoms with E-state index in [9.17, 15) is 0 Å². The predicted octanol–water partition coefficient (Wildman–Crippen LogP) is 4.05. The summed E-state index contributed by atoms with van der Waals surface area (Å²) in [5, 5.41) is 3.52. The summed E-state index contributed by atoms with van der Waals surface area (Å²) in [6.45, 7) is 7.33. The van der Waals surface area contributed by atoms with Crippen molar-refractivity contribution < 1.29 is 4.74 Å². The van der Waals surface area contributed by atoms with Gasteiger partial charge in [-0.2, -0.15) is 0 Å². The van der Waals surface area contributed by atoms with Crippen LogP contribution in [0.1, 0.15) is 39.8 Å². The fraction of sp³-hybridized carbons (Fsp3) is 0.368. The summed E-state index contributed by atoms with van der Waals surface area (Å²) in [6.07, 6.45) is 0. The summed E-state index contributed by atoms with van der Waals surface area (Å²) in [5.41, 5.74) is 6.77. The molecule has 0 aliphatic carbocycles. The summed E-state index contributed by atoms with van der Waals surface area (Å²) in [5.74, 6) is 1.40. The maximum atomic E-state index is 5.88. The van der Waals surface area contributed by atoms with Crippen LogP contribution < -0.4 is 10.1 Å². The number of ether oxygens (including phenoxy) is 1. The first-order valence-corrected chi connectivity index (χ1v) is 7.58. The van der Waals surface area contributed by atoms with Crippen molar-refractivity contribution in [2.24, 2.45) is 0 Å². The highest BCUT2D eigenvalue weighted by atomic mass is 16.5. The Bertz CT molecular complexity index is 639. The minimum absolute atomic E-state index is 0.286. The molecule has 2 heteroatoms. The number of benzene rings is 2. The lowest BCUT2D eigenvalue weighted by atomic mass is 9.84. The van der Waals surface area contributed by atoms with Crippen molar-refractivity contribution in [3.8, 4) is 5.75 Å². The van der Waals surface area contributed by atoms with E-state index in [1.54, 1.807) is 0 Å². The molecule has 0 saturated carbocycles. The molecule has 110 valence electrons. The van der Waals surface area contributed by atoms with Crippen molar-refractivity contribution in [2.75, 3.05) is 13.7 Å². The highest BCUT2D eigenvalue weighted by molar-refractivity contribution is 5.46.